The smallest absolute Gasteiger partial charge is 0.226 e. The normalized spacial score (nSPS) is 21.4. The Morgan fingerprint density at radius 1 is 0.939 bits per heavy atom. The highest BCUT2D eigenvalue weighted by Gasteiger charge is 2.25. The van der Waals surface area contributed by atoms with E-state index < -0.39 is 0 Å². The van der Waals surface area contributed by atoms with Gasteiger partial charge in [-0.2, -0.15) is 9.61 Å². The first kappa shape index (κ1) is 20.1. The zero-order valence-corrected chi connectivity index (χ0v) is 18.3. The van der Waals surface area contributed by atoms with Crippen LogP contribution in [-0.2, 0) is 4.74 Å². The second-order valence-electron chi connectivity index (χ2n) is 8.50. The van der Waals surface area contributed by atoms with E-state index in [1.165, 1.54) is 0 Å². The molecule has 2 aliphatic rings. The molecule has 0 atom stereocenters. The highest BCUT2D eigenvalue weighted by atomic mass is 16.5. The first-order chi connectivity index (χ1) is 16.3. The maximum Gasteiger partial charge on any atom is 0.226 e. The van der Waals surface area contributed by atoms with Gasteiger partial charge in [0.15, 0.2) is 5.65 Å². The van der Waals surface area contributed by atoms with Crippen LogP contribution in [0.15, 0.2) is 43.1 Å². The summed E-state index contributed by atoms with van der Waals surface area (Å²) in [6.07, 6.45) is 10.8. The van der Waals surface area contributed by atoms with Crippen LogP contribution in [0.4, 0.5) is 11.6 Å². The third-order valence-electron chi connectivity index (χ3n) is 6.40. The van der Waals surface area contributed by atoms with E-state index in [9.17, 15) is 0 Å². The number of fused-ring (bicyclic) bond motifs is 2. The zero-order valence-electron chi connectivity index (χ0n) is 18.3. The van der Waals surface area contributed by atoms with Crippen LogP contribution in [0, 0.1) is 0 Å². The number of benzene rings is 1. The summed E-state index contributed by atoms with van der Waals surface area (Å²) in [6.45, 7) is 3.22. The summed E-state index contributed by atoms with van der Waals surface area (Å²) in [5, 5.41) is 7.79. The summed E-state index contributed by atoms with van der Waals surface area (Å²) >= 11 is 0. The second kappa shape index (κ2) is 8.78. The molecule has 2 fully saturated rings. The van der Waals surface area contributed by atoms with E-state index in [1.54, 1.807) is 29.4 Å². The van der Waals surface area contributed by atoms with E-state index in [-0.39, 0.29) is 6.10 Å². The van der Waals surface area contributed by atoms with Gasteiger partial charge in [0.05, 0.1) is 24.8 Å². The molecule has 1 aliphatic carbocycles. The van der Waals surface area contributed by atoms with Crippen molar-refractivity contribution >= 4 is 28.3 Å². The fourth-order valence-corrected chi connectivity index (χ4v) is 4.66. The minimum absolute atomic E-state index is 0.142. The molecule has 0 amide bonds. The molecule has 10 nitrogen and oxygen atoms in total. The second-order valence-corrected chi connectivity index (χ2v) is 8.50. The van der Waals surface area contributed by atoms with Gasteiger partial charge in [-0.15, -0.1) is 0 Å². The first-order valence-corrected chi connectivity index (χ1v) is 11.5. The largest absolute Gasteiger partial charge is 0.488 e. The number of aromatic nitrogens is 6. The first-order valence-electron chi connectivity index (χ1n) is 11.5. The molecule has 10 heteroatoms. The van der Waals surface area contributed by atoms with Crippen LogP contribution in [0.5, 0.6) is 5.75 Å². The number of rotatable bonds is 5. The molecular weight excluding hydrogens is 420 g/mol. The average Bonchev–Trinajstić information content (AvgIpc) is 3.36. The van der Waals surface area contributed by atoms with E-state index >= 15 is 0 Å². The Kier molecular flexibility index (Phi) is 5.35. The van der Waals surface area contributed by atoms with E-state index in [4.69, 9.17) is 9.47 Å². The van der Waals surface area contributed by atoms with Crippen LogP contribution in [0.3, 0.4) is 0 Å². The maximum absolute atomic E-state index is 6.53. The molecule has 3 aromatic heterocycles. The molecule has 1 aromatic carbocycles. The highest BCUT2D eigenvalue weighted by Crippen LogP contribution is 2.33. The fourth-order valence-electron chi connectivity index (χ4n) is 4.66. The number of hydrogen-bond donors (Lipinski definition) is 1. The molecule has 170 valence electrons. The van der Waals surface area contributed by atoms with Gasteiger partial charge in [0.2, 0.25) is 5.95 Å². The molecule has 0 bridgehead atoms. The molecule has 0 radical (unpaired) electrons. The summed E-state index contributed by atoms with van der Waals surface area (Å²) in [5.74, 6) is 1.54. The molecule has 0 spiro atoms. The van der Waals surface area contributed by atoms with Crippen LogP contribution in [-0.4, -0.2) is 68.0 Å². The monoisotopic (exact) mass is 446 g/mol. The molecule has 4 aromatic rings. The maximum atomic E-state index is 6.53. The van der Waals surface area contributed by atoms with Crippen LogP contribution in [0.25, 0.3) is 16.7 Å². The molecule has 1 aliphatic heterocycles. The van der Waals surface area contributed by atoms with E-state index in [0.717, 1.165) is 86.1 Å². The van der Waals surface area contributed by atoms with Gasteiger partial charge in [-0.3, -0.25) is 4.98 Å². The van der Waals surface area contributed by atoms with E-state index in [0.29, 0.717) is 6.04 Å². The lowest BCUT2D eigenvalue weighted by Gasteiger charge is -2.31. The van der Waals surface area contributed by atoms with Gasteiger partial charge in [0.25, 0.3) is 0 Å². The minimum atomic E-state index is 0.142. The van der Waals surface area contributed by atoms with Gasteiger partial charge >= 0.3 is 0 Å². The molecule has 6 rings (SSSR count). The van der Waals surface area contributed by atoms with Crippen LogP contribution in [0.2, 0.25) is 0 Å². The van der Waals surface area contributed by atoms with Crippen molar-refractivity contribution in [3.05, 3.63) is 43.1 Å². The third-order valence-corrected chi connectivity index (χ3v) is 6.40. The van der Waals surface area contributed by atoms with Crippen molar-refractivity contribution in [3.63, 3.8) is 0 Å². The average molecular weight is 447 g/mol. The number of hydrogen-bond acceptors (Lipinski definition) is 9. The van der Waals surface area contributed by atoms with Crippen LogP contribution in [0.1, 0.15) is 25.7 Å². The van der Waals surface area contributed by atoms with Gasteiger partial charge in [-0.25, -0.2) is 15.0 Å². The Labute approximate surface area is 191 Å². The Bertz CT molecular complexity index is 1250. The summed E-state index contributed by atoms with van der Waals surface area (Å²) in [6, 6.07) is 6.38. The van der Waals surface area contributed by atoms with Crippen molar-refractivity contribution in [1.29, 1.82) is 0 Å². The van der Waals surface area contributed by atoms with Gasteiger partial charge in [0.1, 0.15) is 17.6 Å². The molecule has 1 saturated heterocycles. The van der Waals surface area contributed by atoms with Crippen molar-refractivity contribution in [2.75, 3.05) is 36.5 Å². The van der Waals surface area contributed by atoms with Gasteiger partial charge in [0, 0.05) is 55.5 Å². The van der Waals surface area contributed by atoms with E-state index in [2.05, 4.69) is 47.4 Å². The summed E-state index contributed by atoms with van der Waals surface area (Å²) < 4.78 is 13.8. The molecule has 1 saturated carbocycles. The number of nitrogens with one attached hydrogen (secondary N) is 1. The lowest BCUT2D eigenvalue weighted by molar-refractivity contribution is 0.122. The Hall–Kier alpha value is -3.53. The van der Waals surface area contributed by atoms with Crippen molar-refractivity contribution < 1.29 is 9.47 Å². The van der Waals surface area contributed by atoms with Crippen LogP contribution >= 0.6 is 0 Å². The quantitative estimate of drug-likeness (QED) is 0.496. The van der Waals surface area contributed by atoms with Crippen molar-refractivity contribution in [3.8, 4) is 5.75 Å². The predicted octanol–water partition coefficient (Wildman–Crippen LogP) is 2.71. The van der Waals surface area contributed by atoms with Crippen molar-refractivity contribution in [2.24, 2.45) is 0 Å². The van der Waals surface area contributed by atoms with Gasteiger partial charge in [-0.05, 0) is 31.7 Å². The highest BCUT2D eigenvalue weighted by molar-refractivity contribution is 5.85. The predicted molar refractivity (Wildman–Crippen MR) is 124 cm³/mol. The number of morpholine rings is 1. The minimum Gasteiger partial charge on any atom is -0.488 e. The number of nitrogens with zero attached hydrogens (tertiary/aromatic N) is 7. The Morgan fingerprint density at radius 2 is 1.79 bits per heavy atom. The van der Waals surface area contributed by atoms with Crippen molar-refractivity contribution in [1.82, 2.24) is 29.5 Å². The van der Waals surface area contributed by atoms with E-state index in [1.807, 2.05) is 6.07 Å². The SMILES string of the molecule is c1cc2ncnn2c(N[C@H]2CC[C@@H](Oc3cc(N4CCOCC4)cc4nccnc34)CC2)n1. The van der Waals surface area contributed by atoms with Gasteiger partial charge in [-0.1, -0.05) is 0 Å². The topological polar surface area (TPSA) is 103 Å². The summed E-state index contributed by atoms with van der Waals surface area (Å²) in [5.41, 5.74) is 3.58. The van der Waals surface area contributed by atoms with Crippen molar-refractivity contribution in [2.45, 2.75) is 37.8 Å². The third kappa shape index (κ3) is 4.13. The number of ether oxygens (including phenoxy) is 2. The van der Waals surface area contributed by atoms with Gasteiger partial charge < -0.3 is 19.7 Å². The molecular formula is C23H26N8O2. The lowest BCUT2D eigenvalue weighted by atomic mass is 9.93. The zero-order chi connectivity index (χ0) is 22.0. The standard InChI is InChI=1S/C23H26N8O2/c1-3-18(4-2-16(1)29-23-26-6-5-21-27-15-28-31(21)23)33-20-14-17(30-9-11-32-12-10-30)13-19-22(20)25-8-7-24-19/h5-8,13-16,18H,1-4,9-12H2,(H,26,29)/t16-,18+. The van der Waals surface area contributed by atoms with Crippen LogP contribution < -0.4 is 15.0 Å². The Morgan fingerprint density at radius 3 is 2.67 bits per heavy atom. The molecule has 1 N–H and O–H groups in total. The number of anilines is 2. The molecule has 4 heterocycles. The summed E-state index contributed by atoms with van der Waals surface area (Å²) in [4.78, 5) is 20.1. The summed E-state index contributed by atoms with van der Waals surface area (Å²) in [7, 11) is 0. The molecule has 33 heavy (non-hydrogen) atoms. The lowest BCUT2D eigenvalue weighted by Crippen LogP contribution is -2.36. The Balaban J connectivity index is 1.16. The fraction of sp³-hybridized carbons (Fsp3) is 0.435. The molecule has 0 unspecified atom stereocenters.